The topological polar surface area (TPSA) is 42.0 Å². The lowest BCUT2D eigenvalue weighted by Gasteiger charge is -2.22. The molecule has 2 heterocycles. The Morgan fingerprint density at radius 2 is 1.96 bits per heavy atom. The number of thiophene rings is 1. The van der Waals surface area contributed by atoms with E-state index in [1.165, 1.54) is 12.1 Å². The summed E-state index contributed by atoms with van der Waals surface area (Å²) in [6.07, 6.45) is 0.242. The number of rotatable bonds is 6. The van der Waals surface area contributed by atoms with Gasteiger partial charge in [0.2, 0.25) is 5.91 Å². The molecule has 0 aliphatic carbocycles. The fraction of sp³-hybridized carbons (Fsp3) is 0.263. The van der Waals surface area contributed by atoms with E-state index in [4.69, 9.17) is 0 Å². The molecule has 2 aromatic heterocycles. The summed E-state index contributed by atoms with van der Waals surface area (Å²) in [5.41, 5.74) is 1.68. The van der Waals surface area contributed by atoms with Gasteiger partial charge in [0, 0.05) is 5.38 Å². The van der Waals surface area contributed by atoms with Crippen molar-refractivity contribution in [3.63, 3.8) is 0 Å². The van der Waals surface area contributed by atoms with Crippen molar-refractivity contribution in [2.75, 3.05) is 0 Å². The molecule has 3 nitrogen and oxygen atoms in total. The van der Waals surface area contributed by atoms with E-state index >= 15 is 0 Å². The average Bonchev–Trinajstić information content (AvgIpc) is 3.24. The highest BCUT2D eigenvalue weighted by atomic mass is 32.1. The number of benzene rings is 1. The lowest BCUT2D eigenvalue weighted by molar-refractivity contribution is -0.121. The number of hydrogen-bond acceptors (Lipinski definition) is 4. The highest BCUT2D eigenvalue weighted by Crippen LogP contribution is 2.28. The predicted molar refractivity (Wildman–Crippen MR) is 101 cm³/mol. The summed E-state index contributed by atoms with van der Waals surface area (Å²) in [7, 11) is 0. The van der Waals surface area contributed by atoms with E-state index in [0.717, 1.165) is 21.1 Å². The van der Waals surface area contributed by atoms with Crippen LogP contribution in [0.2, 0.25) is 0 Å². The second-order valence-electron chi connectivity index (χ2n) is 6.14. The van der Waals surface area contributed by atoms with E-state index in [-0.39, 0.29) is 30.1 Å². The monoisotopic (exact) mass is 374 g/mol. The van der Waals surface area contributed by atoms with Gasteiger partial charge in [0.05, 0.1) is 23.0 Å². The van der Waals surface area contributed by atoms with Crippen LogP contribution >= 0.6 is 22.7 Å². The molecule has 3 aromatic rings. The van der Waals surface area contributed by atoms with Crippen LogP contribution in [0.15, 0.2) is 47.2 Å². The van der Waals surface area contributed by atoms with Crippen LogP contribution in [0.3, 0.4) is 0 Å². The van der Waals surface area contributed by atoms with Gasteiger partial charge in [-0.15, -0.1) is 22.7 Å². The van der Waals surface area contributed by atoms with Crippen LogP contribution in [-0.4, -0.2) is 10.9 Å². The van der Waals surface area contributed by atoms with Crippen molar-refractivity contribution in [2.45, 2.75) is 26.3 Å². The number of nitrogens with one attached hydrogen (secondary N) is 1. The van der Waals surface area contributed by atoms with Crippen molar-refractivity contribution in [1.29, 1.82) is 0 Å². The van der Waals surface area contributed by atoms with Crippen LogP contribution < -0.4 is 5.32 Å². The largest absolute Gasteiger partial charge is 0.349 e. The highest BCUT2D eigenvalue weighted by molar-refractivity contribution is 7.20. The number of thiazole rings is 1. The Labute approximate surface area is 154 Å². The third-order valence-electron chi connectivity index (χ3n) is 3.84. The van der Waals surface area contributed by atoms with Gasteiger partial charge in [0.15, 0.2) is 0 Å². The Morgan fingerprint density at radius 1 is 1.20 bits per heavy atom. The molecule has 0 unspecified atom stereocenters. The maximum Gasteiger partial charge on any atom is 0.226 e. The normalized spacial score (nSPS) is 12.3. The van der Waals surface area contributed by atoms with E-state index in [1.54, 1.807) is 34.8 Å². The maximum atomic E-state index is 13.1. The Hall–Kier alpha value is -2.05. The van der Waals surface area contributed by atoms with Crippen molar-refractivity contribution in [3.05, 3.63) is 64.2 Å². The number of hydrogen-bond donors (Lipinski definition) is 1. The number of carbonyl (C=O) groups excluding carboxylic acids is 1. The van der Waals surface area contributed by atoms with E-state index in [0.29, 0.717) is 0 Å². The number of nitrogens with zero attached hydrogens (tertiary/aromatic N) is 1. The van der Waals surface area contributed by atoms with E-state index in [1.807, 2.05) is 36.7 Å². The van der Waals surface area contributed by atoms with Gasteiger partial charge >= 0.3 is 0 Å². The predicted octanol–water partition coefficient (Wildman–Crippen LogP) is 5.07. The molecule has 1 N–H and O–H groups in total. The van der Waals surface area contributed by atoms with Crippen molar-refractivity contribution >= 4 is 28.6 Å². The molecule has 0 saturated carbocycles. The van der Waals surface area contributed by atoms with E-state index in [9.17, 15) is 9.18 Å². The molecule has 0 aliphatic heterocycles. The van der Waals surface area contributed by atoms with Crippen LogP contribution in [0.25, 0.3) is 9.88 Å². The molecule has 1 aromatic carbocycles. The van der Waals surface area contributed by atoms with Crippen LogP contribution in [0.1, 0.15) is 31.1 Å². The quantitative estimate of drug-likeness (QED) is 0.655. The molecule has 0 radical (unpaired) electrons. The Morgan fingerprint density at radius 3 is 2.60 bits per heavy atom. The molecule has 1 atom stereocenters. The lowest BCUT2D eigenvalue weighted by Crippen LogP contribution is -2.32. The smallest absolute Gasteiger partial charge is 0.226 e. The SMILES string of the molecule is CC(C)[C@H](NC(=O)Cc1csc(-c2cccs2)n1)c1ccc(F)cc1. The first-order valence-electron chi connectivity index (χ1n) is 8.06. The van der Waals surface area contributed by atoms with Gasteiger partial charge in [-0.3, -0.25) is 4.79 Å². The molecule has 0 saturated heterocycles. The first-order valence-corrected chi connectivity index (χ1v) is 9.82. The molecule has 130 valence electrons. The summed E-state index contributed by atoms with van der Waals surface area (Å²) in [5.74, 6) is -0.154. The summed E-state index contributed by atoms with van der Waals surface area (Å²) in [6.45, 7) is 4.07. The molecule has 6 heteroatoms. The van der Waals surface area contributed by atoms with E-state index in [2.05, 4.69) is 10.3 Å². The van der Waals surface area contributed by atoms with Gasteiger partial charge in [0.1, 0.15) is 10.8 Å². The molecule has 0 bridgehead atoms. The number of carbonyl (C=O) groups is 1. The minimum atomic E-state index is -0.277. The zero-order chi connectivity index (χ0) is 17.8. The highest BCUT2D eigenvalue weighted by Gasteiger charge is 2.19. The van der Waals surface area contributed by atoms with Crippen molar-refractivity contribution in [2.24, 2.45) is 5.92 Å². The second-order valence-corrected chi connectivity index (χ2v) is 7.94. The summed E-state index contributed by atoms with van der Waals surface area (Å²) in [6, 6.07) is 10.1. The van der Waals surface area contributed by atoms with Crippen LogP contribution in [0.4, 0.5) is 4.39 Å². The molecule has 3 rings (SSSR count). The fourth-order valence-corrected chi connectivity index (χ4v) is 4.23. The molecule has 1 amide bonds. The second kappa shape index (κ2) is 7.89. The van der Waals surface area contributed by atoms with Gasteiger partial charge in [-0.1, -0.05) is 32.0 Å². The Kier molecular flexibility index (Phi) is 5.60. The minimum Gasteiger partial charge on any atom is -0.349 e. The van der Waals surface area contributed by atoms with Crippen molar-refractivity contribution in [3.8, 4) is 9.88 Å². The van der Waals surface area contributed by atoms with Gasteiger partial charge in [-0.05, 0) is 35.1 Å². The lowest BCUT2D eigenvalue weighted by atomic mass is 9.96. The molecule has 25 heavy (non-hydrogen) atoms. The number of amides is 1. The average molecular weight is 375 g/mol. The molecular weight excluding hydrogens is 355 g/mol. The van der Waals surface area contributed by atoms with Gasteiger partial charge in [-0.25, -0.2) is 9.37 Å². The maximum absolute atomic E-state index is 13.1. The summed E-state index contributed by atoms with van der Waals surface area (Å²) < 4.78 is 13.1. The minimum absolute atomic E-state index is 0.0777. The zero-order valence-corrected chi connectivity index (χ0v) is 15.7. The van der Waals surface area contributed by atoms with Crippen molar-refractivity contribution in [1.82, 2.24) is 10.3 Å². The summed E-state index contributed by atoms with van der Waals surface area (Å²) >= 11 is 3.19. The Balaban J connectivity index is 1.67. The molecule has 0 fully saturated rings. The zero-order valence-electron chi connectivity index (χ0n) is 14.0. The summed E-state index contributed by atoms with van der Waals surface area (Å²) in [5, 5.41) is 7.93. The number of aromatic nitrogens is 1. The third kappa shape index (κ3) is 4.52. The number of halogens is 1. The van der Waals surface area contributed by atoms with Crippen LogP contribution in [0.5, 0.6) is 0 Å². The standard InChI is InChI=1S/C19H19FN2OS2/c1-12(2)18(13-5-7-14(20)8-6-13)22-17(23)10-15-11-25-19(21-15)16-4-3-9-24-16/h3-9,11-12,18H,10H2,1-2H3,(H,22,23)/t18-/m0/s1. The molecule has 0 aliphatic rings. The first-order chi connectivity index (χ1) is 12.0. The fourth-order valence-electron chi connectivity index (χ4n) is 2.60. The van der Waals surface area contributed by atoms with Gasteiger partial charge in [0.25, 0.3) is 0 Å². The van der Waals surface area contributed by atoms with Gasteiger partial charge < -0.3 is 5.32 Å². The first kappa shape index (κ1) is 17.8. The van der Waals surface area contributed by atoms with Gasteiger partial charge in [-0.2, -0.15) is 0 Å². The third-order valence-corrected chi connectivity index (χ3v) is 5.77. The van der Waals surface area contributed by atoms with E-state index < -0.39 is 0 Å². The molecule has 0 spiro atoms. The molecular formula is C19H19FN2OS2. The summed E-state index contributed by atoms with van der Waals surface area (Å²) in [4.78, 5) is 18.1. The van der Waals surface area contributed by atoms with Crippen LogP contribution in [0, 0.1) is 11.7 Å². The van der Waals surface area contributed by atoms with Crippen molar-refractivity contribution < 1.29 is 9.18 Å². The Bertz CT molecular complexity index is 825. The van der Waals surface area contributed by atoms with Crippen LogP contribution in [-0.2, 0) is 11.2 Å².